The van der Waals surface area contributed by atoms with Crippen LogP contribution in [0.25, 0.3) is 0 Å². The lowest BCUT2D eigenvalue weighted by Gasteiger charge is -2.06. The van der Waals surface area contributed by atoms with Gasteiger partial charge in [-0.3, -0.25) is 4.79 Å². The summed E-state index contributed by atoms with van der Waals surface area (Å²) in [6.07, 6.45) is 1.89. The summed E-state index contributed by atoms with van der Waals surface area (Å²) >= 11 is 0.306. The topological polar surface area (TPSA) is 46.5 Å². The van der Waals surface area contributed by atoms with Gasteiger partial charge in [-0.15, -0.1) is 0 Å². The van der Waals surface area contributed by atoms with Crippen LogP contribution in [0.1, 0.15) is 25.0 Å². The number of rotatable bonds is 4. The van der Waals surface area contributed by atoms with E-state index in [0.717, 1.165) is 18.4 Å². The van der Waals surface area contributed by atoms with Gasteiger partial charge in [0.15, 0.2) is 0 Å². The van der Waals surface area contributed by atoms with Gasteiger partial charge in [0.2, 0.25) is 0 Å². The van der Waals surface area contributed by atoms with Crippen LogP contribution in [0.3, 0.4) is 0 Å². The van der Waals surface area contributed by atoms with Crippen molar-refractivity contribution in [1.82, 2.24) is 0 Å². The SMILES string of the molecule is CCc1ccc(OC=O)c(CC)c1.[OH][AlH2]. The molecule has 0 bridgehead atoms. The summed E-state index contributed by atoms with van der Waals surface area (Å²) in [5.41, 5.74) is 2.36. The van der Waals surface area contributed by atoms with E-state index in [0.29, 0.717) is 28.8 Å². The van der Waals surface area contributed by atoms with Crippen LogP contribution in [0.15, 0.2) is 18.2 Å². The van der Waals surface area contributed by atoms with Crippen molar-refractivity contribution in [1.29, 1.82) is 0 Å². The quantitative estimate of drug-likeness (QED) is 0.610. The van der Waals surface area contributed by atoms with E-state index in [4.69, 9.17) is 8.90 Å². The van der Waals surface area contributed by atoms with Gasteiger partial charge in [0.25, 0.3) is 6.47 Å². The summed E-state index contributed by atoms with van der Waals surface area (Å²) in [6, 6.07) is 5.92. The molecule has 0 unspecified atom stereocenters. The van der Waals surface area contributed by atoms with Crippen LogP contribution < -0.4 is 4.74 Å². The van der Waals surface area contributed by atoms with Gasteiger partial charge in [-0.05, 0) is 30.0 Å². The summed E-state index contributed by atoms with van der Waals surface area (Å²) < 4.78 is 12.0. The van der Waals surface area contributed by atoms with E-state index in [1.165, 1.54) is 5.56 Å². The van der Waals surface area contributed by atoms with Crippen molar-refractivity contribution >= 4 is 23.1 Å². The molecule has 1 N–H and O–H groups in total. The molecule has 0 fully saturated rings. The lowest BCUT2D eigenvalue weighted by atomic mass is 10.1. The molecule has 0 saturated carbocycles. The fourth-order valence-electron chi connectivity index (χ4n) is 1.30. The Morgan fingerprint density at radius 1 is 1.33 bits per heavy atom. The standard InChI is InChI=1S/C11H14O2.Al.H2O.2H/c1-3-9-5-6-11(13-8-12)10(4-2)7-9;;;;/h5-8H,3-4H2,1-2H3;;1H2;;/q;+1;;;/p-1. The summed E-state index contributed by atoms with van der Waals surface area (Å²) in [7, 11) is 0. The van der Waals surface area contributed by atoms with Gasteiger partial charge in [-0.1, -0.05) is 26.0 Å². The molecule has 0 atom stereocenters. The monoisotopic (exact) mass is 224 g/mol. The minimum atomic E-state index is 0.306. The molecule has 1 aromatic rings. The third kappa shape index (κ3) is 4.48. The number of benzene rings is 1. The zero-order chi connectivity index (χ0) is 11.7. The molecule has 0 aliphatic rings. The molecule has 0 aliphatic heterocycles. The van der Waals surface area contributed by atoms with Gasteiger partial charge >= 0.3 is 16.6 Å². The van der Waals surface area contributed by atoms with E-state index in [1.807, 2.05) is 19.1 Å². The van der Waals surface area contributed by atoms with Crippen molar-refractivity contribution in [2.75, 3.05) is 0 Å². The third-order valence-corrected chi connectivity index (χ3v) is 2.09. The fourth-order valence-corrected chi connectivity index (χ4v) is 1.30. The smallest absolute Gasteiger partial charge is 0.407 e. The average Bonchev–Trinajstić information content (AvgIpc) is 2.32. The summed E-state index contributed by atoms with van der Waals surface area (Å²) in [4.78, 5) is 10.2. The Hall–Kier alpha value is -0.818. The third-order valence-electron chi connectivity index (χ3n) is 2.09. The zero-order valence-corrected chi connectivity index (χ0v) is 11.5. The minimum absolute atomic E-state index is 0.306. The fraction of sp³-hybridized carbons (Fsp3) is 0.364. The number of ether oxygens (including phenoxy) is 1. The summed E-state index contributed by atoms with van der Waals surface area (Å²) in [5, 5.41) is 0. The Balaban J connectivity index is 0.000000921. The summed E-state index contributed by atoms with van der Waals surface area (Å²) in [5.74, 6) is 0.676. The van der Waals surface area contributed by atoms with Crippen LogP contribution in [-0.4, -0.2) is 27.3 Å². The first-order chi connectivity index (χ1) is 7.31. The van der Waals surface area contributed by atoms with Crippen molar-refractivity contribution in [2.24, 2.45) is 0 Å². The van der Waals surface area contributed by atoms with Crippen molar-refractivity contribution in [3.63, 3.8) is 0 Å². The molecule has 3 nitrogen and oxygen atoms in total. The predicted molar refractivity (Wildman–Crippen MR) is 62.7 cm³/mol. The lowest BCUT2D eigenvalue weighted by Crippen LogP contribution is -1.95. The van der Waals surface area contributed by atoms with Gasteiger partial charge in [0.05, 0.1) is 0 Å². The normalized spacial score (nSPS) is 8.73. The average molecular weight is 224 g/mol. The second kappa shape index (κ2) is 8.49. The van der Waals surface area contributed by atoms with Crippen molar-refractivity contribution in [3.8, 4) is 5.75 Å². The van der Waals surface area contributed by atoms with E-state index in [-0.39, 0.29) is 0 Å². The predicted octanol–water partition coefficient (Wildman–Crippen LogP) is 0.873. The first kappa shape index (κ1) is 14.2. The zero-order valence-electron chi connectivity index (χ0n) is 9.49. The molecule has 1 aromatic carbocycles. The number of carbonyl (C=O) groups is 1. The van der Waals surface area contributed by atoms with Gasteiger partial charge in [0.1, 0.15) is 5.75 Å². The highest BCUT2D eigenvalue weighted by atomic mass is 27.1. The molecule has 1 rings (SSSR count). The maximum atomic E-state index is 10.2. The Bertz CT molecular complexity index is 300. The van der Waals surface area contributed by atoms with Gasteiger partial charge in [-0.2, -0.15) is 0 Å². The number of carbonyl (C=O) groups excluding carboxylic acids is 1. The van der Waals surface area contributed by atoms with E-state index in [2.05, 4.69) is 13.0 Å². The second-order valence-corrected chi connectivity index (χ2v) is 2.86. The van der Waals surface area contributed by atoms with Crippen LogP contribution in [0.5, 0.6) is 5.75 Å². The highest BCUT2D eigenvalue weighted by Gasteiger charge is 2.01. The van der Waals surface area contributed by atoms with Crippen LogP contribution in [0.2, 0.25) is 0 Å². The number of hydrogen-bond donors (Lipinski definition) is 1. The number of hydrogen-bond acceptors (Lipinski definition) is 3. The second-order valence-electron chi connectivity index (χ2n) is 2.86. The van der Waals surface area contributed by atoms with Crippen molar-refractivity contribution < 1.29 is 13.7 Å². The molecular weight excluding hydrogens is 207 g/mol. The van der Waals surface area contributed by atoms with Crippen LogP contribution in [-0.2, 0) is 17.6 Å². The molecule has 0 spiro atoms. The molecular formula is C11H17AlO3. The van der Waals surface area contributed by atoms with Crippen LogP contribution in [0, 0.1) is 0 Å². The first-order valence-corrected chi connectivity index (χ1v) is 5.88. The lowest BCUT2D eigenvalue weighted by molar-refractivity contribution is -0.120. The molecule has 0 amide bonds. The van der Waals surface area contributed by atoms with E-state index < -0.39 is 0 Å². The van der Waals surface area contributed by atoms with Gasteiger partial charge < -0.3 is 8.90 Å². The highest BCUT2D eigenvalue weighted by Crippen LogP contribution is 2.20. The van der Waals surface area contributed by atoms with Gasteiger partial charge in [-0.25, -0.2) is 0 Å². The Morgan fingerprint density at radius 2 is 2.00 bits per heavy atom. The van der Waals surface area contributed by atoms with E-state index >= 15 is 0 Å². The van der Waals surface area contributed by atoms with E-state index in [1.54, 1.807) is 0 Å². The molecule has 0 radical (unpaired) electrons. The molecule has 0 aromatic heterocycles. The van der Waals surface area contributed by atoms with Crippen LogP contribution >= 0.6 is 0 Å². The highest BCUT2D eigenvalue weighted by molar-refractivity contribution is 5.95. The Kier molecular flexibility index (Phi) is 8.02. The van der Waals surface area contributed by atoms with Crippen molar-refractivity contribution in [2.45, 2.75) is 26.7 Å². The van der Waals surface area contributed by atoms with Crippen LogP contribution in [0.4, 0.5) is 0 Å². The molecule has 15 heavy (non-hydrogen) atoms. The number of aryl methyl sites for hydroxylation is 2. The first-order valence-electron chi connectivity index (χ1n) is 4.98. The molecule has 82 valence electrons. The Morgan fingerprint density at radius 3 is 2.47 bits per heavy atom. The maximum Gasteiger partial charge on any atom is 0.407 e. The van der Waals surface area contributed by atoms with Crippen molar-refractivity contribution in [3.05, 3.63) is 29.3 Å². The molecule has 0 saturated heterocycles. The molecule has 0 heterocycles. The van der Waals surface area contributed by atoms with E-state index in [9.17, 15) is 4.79 Å². The Labute approximate surface area is 98.8 Å². The molecule has 4 heteroatoms. The molecule has 0 aliphatic carbocycles. The maximum absolute atomic E-state index is 10.2. The minimum Gasteiger partial charge on any atom is -0.521 e. The largest absolute Gasteiger partial charge is 0.521 e. The summed E-state index contributed by atoms with van der Waals surface area (Å²) in [6.45, 7) is 4.63. The van der Waals surface area contributed by atoms with Gasteiger partial charge in [0, 0.05) is 0 Å².